The van der Waals surface area contributed by atoms with Crippen LogP contribution in [0.2, 0.25) is 0 Å². The van der Waals surface area contributed by atoms with E-state index in [9.17, 15) is 8.78 Å². The van der Waals surface area contributed by atoms with E-state index in [-0.39, 0.29) is 12.2 Å². The first-order valence-corrected chi connectivity index (χ1v) is 12.0. The molecule has 0 saturated heterocycles. The van der Waals surface area contributed by atoms with Gasteiger partial charge in [-0.1, -0.05) is 71.6 Å². The summed E-state index contributed by atoms with van der Waals surface area (Å²) in [7, 11) is 0. The number of aryl methyl sites for hydroxylation is 1. The molecule has 0 aliphatic rings. The highest BCUT2D eigenvalue weighted by molar-refractivity contribution is 5.55. The summed E-state index contributed by atoms with van der Waals surface area (Å²) in [5, 5.41) is 0. The minimum absolute atomic E-state index is 0.166. The van der Waals surface area contributed by atoms with Gasteiger partial charge in [0.1, 0.15) is 5.75 Å². The van der Waals surface area contributed by atoms with Crippen LogP contribution >= 0.6 is 0 Å². The molecule has 0 radical (unpaired) electrons. The van der Waals surface area contributed by atoms with Crippen molar-refractivity contribution in [2.45, 2.75) is 103 Å². The van der Waals surface area contributed by atoms with Gasteiger partial charge in [-0.3, -0.25) is 0 Å². The topological polar surface area (TPSA) is 35.0 Å². The molecule has 0 amide bonds. The lowest BCUT2D eigenvalue weighted by Gasteiger charge is -2.18. The quantitative estimate of drug-likeness (QED) is 0.250. The molecule has 0 N–H and O–H groups in total. The van der Waals surface area contributed by atoms with Crippen LogP contribution in [0.25, 0.3) is 11.4 Å². The van der Waals surface area contributed by atoms with E-state index >= 15 is 0 Å². The summed E-state index contributed by atoms with van der Waals surface area (Å²) in [5.41, 5.74) is 1.93. The number of hydrogen-bond acceptors (Lipinski definition) is 3. The molecule has 1 heterocycles. The fourth-order valence-corrected chi connectivity index (χ4v) is 3.57. The molecular weight excluding hydrogens is 394 g/mol. The molecule has 2 rings (SSSR count). The van der Waals surface area contributed by atoms with E-state index in [1.165, 1.54) is 38.5 Å². The number of halogens is 2. The standard InChI is InChI=1S/C26H38F2N2O/c1-3-5-7-9-10-11-12-14-22-20-29-25(30-21-22)23-15-17-24(18-16-23)31-26(27,28)19-13-8-6-4-2/h15-18,20-21H,3-14,19H2,1-2H3. The van der Waals surface area contributed by atoms with Gasteiger partial charge in [0.15, 0.2) is 5.82 Å². The first-order chi connectivity index (χ1) is 15.0. The normalized spacial score (nSPS) is 11.6. The molecule has 0 fully saturated rings. The van der Waals surface area contributed by atoms with E-state index in [1.807, 2.05) is 12.4 Å². The lowest BCUT2D eigenvalue weighted by atomic mass is 10.1. The molecule has 0 saturated carbocycles. The second kappa shape index (κ2) is 14.1. The van der Waals surface area contributed by atoms with Crippen molar-refractivity contribution >= 4 is 0 Å². The van der Waals surface area contributed by atoms with Gasteiger partial charge >= 0.3 is 6.11 Å². The summed E-state index contributed by atoms with van der Waals surface area (Å²) in [6, 6.07) is 6.58. The van der Waals surface area contributed by atoms with Gasteiger partial charge in [-0.05, 0) is 49.1 Å². The zero-order valence-corrected chi connectivity index (χ0v) is 19.2. The van der Waals surface area contributed by atoms with E-state index in [2.05, 4.69) is 23.8 Å². The first kappa shape index (κ1) is 25.2. The molecule has 5 heteroatoms. The van der Waals surface area contributed by atoms with Gasteiger partial charge in [-0.25, -0.2) is 9.97 Å². The van der Waals surface area contributed by atoms with Gasteiger partial charge < -0.3 is 4.74 Å². The van der Waals surface area contributed by atoms with Crippen molar-refractivity contribution in [2.75, 3.05) is 0 Å². The van der Waals surface area contributed by atoms with Gasteiger partial charge in [-0.2, -0.15) is 8.78 Å². The van der Waals surface area contributed by atoms with Crippen molar-refractivity contribution in [3.05, 3.63) is 42.2 Å². The Morgan fingerprint density at radius 2 is 1.29 bits per heavy atom. The van der Waals surface area contributed by atoms with E-state index < -0.39 is 6.11 Å². The number of nitrogens with zero attached hydrogens (tertiary/aromatic N) is 2. The Morgan fingerprint density at radius 1 is 0.742 bits per heavy atom. The van der Waals surface area contributed by atoms with Gasteiger partial charge in [0, 0.05) is 18.0 Å². The minimum Gasteiger partial charge on any atom is -0.433 e. The fraction of sp³-hybridized carbons (Fsp3) is 0.615. The highest BCUT2D eigenvalue weighted by Gasteiger charge is 2.30. The van der Waals surface area contributed by atoms with Crippen molar-refractivity contribution in [3.8, 4) is 17.1 Å². The molecule has 0 spiro atoms. The van der Waals surface area contributed by atoms with Gasteiger partial charge in [-0.15, -0.1) is 0 Å². The van der Waals surface area contributed by atoms with E-state index in [0.717, 1.165) is 43.2 Å². The Bertz CT molecular complexity index is 717. The van der Waals surface area contributed by atoms with Crippen LogP contribution in [-0.2, 0) is 6.42 Å². The van der Waals surface area contributed by atoms with Crippen molar-refractivity contribution in [1.29, 1.82) is 0 Å². The van der Waals surface area contributed by atoms with Crippen molar-refractivity contribution in [2.24, 2.45) is 0 Å². The molecule has 3 nitrogen and oxygen atoms in total. The third-order valence-corrected chi connectivity index (χ3v) is 5.48. The molecule has 31 heavy (non-hydrogen) atoms. The number of aromatic nitrogens is 2. The third kappa shape index (κ3) is 10.2. The smallest absolute Gasteiger partial charge is 0.397 e. The molecule has 0 unspecified atom stereocenters. The Kier molecular flexibility index (Phi) is 11.5. The second-order valence-corrected chi connectivity index (χ2v) is 8.36. The number of ether oxygens (including phenoxy) is 1. The third-order valence-electron chi connectivity index (χ3n) is 5.48. The van der Waals surface area contributed by atoms with E-state index in [4.69, 9.17) is 4.74 Å². The summed E-state index contributed by atoms with van der Waals surface area (Å²) in [6.07, 6.45) is 13.6. The van der Waals surface area contributed by atoms with Crippen molar-refractivity contribution in [1.82, 2.24) is 9.97 Å². The van der Waals surface area contributed by atoms with Gasteiger partial charge in [0.25, 0.3) is 0 Å². The SMILES string of the molecule is CCCCCCCCCc1cnc(-c2ccc(OC(F)(F)CCCCCC)cc2)nc1. The maximum atomic E-state index is 14.0. The molecule has 0 aliphatic heterocycles. The number of alkyl halides is 2. The van der Waals surface area contributed by atoms with Crippen LogP contribution in [0.4, 0.5) is 8.78 Å². The van der Waals surface area contributed by atoms with E-state index in [1.54, 1.807) is 24.3 Å². The van der Waals surface area contributed by atoms with Crippen LogP contribution in [0.3, 0.4) is 0 Å². The molecule has 0 bridgehead atoms. The number of hydrogen-bond donors (Lipinski definition) is 0. The first-order valence-electron chi connectivity index (χ1n) is 12.0. The number of rotatable bonds is 16. The highest BCUT2D eigenvalue weighted by Crippen LogP contribution is 2.28. The summed E-state index contributed by atoms with van der Waals surface area (Å²) in [5.74, 6) is 0.765. The van der Waals surface area contributed by atoms with Crippen LogP contribution in [0.15, 0.2) is 36.7 Å². The Hall–Kier alpha value is -2.04. The minimum atomic E-state index is -3.14. The predicted octanol–water partition coefficient (Wildman–Crippen LogP) is 8.38. The van der Waals surface area contributed by atoms with Crippen LogP contribution < -0.4 is 4.74 Å². The maximum absolute atomic E-state index is 14.0. The van der Waals surface area contributed by atoms with Crippen molar-refractivity contribution in [3.63, 3.8) is 0 Å². The summed E-state index contributed by atoms with van der Waals surface area (Å²) >= 11 is 0. The molecule has 0 aliphatic carbocycles. The highest BCUT2D eigenvalue weighted by atomic mass is 19.3. The molecule has 1 aromatic heterocycles. The molecular formula is C26H38F2N2O. The fourth-order valence-electron chi connectivity index (χ4n) is 3.57. The Morgan fingerprint density at radius 3 is 1.90 bits per heavy atom. The predicted molar refractivity (Wildman–Crippen MR) is 123 cm³/mol. The van der Waals surface area contributed by atoms with Crippen LogP contribution in [0.5, 0.6) is 5.75 Å². The zero-order chi connectivity index (χ0) is 22.4. The zero-order valence-electron chi connectivity index (χ0n) is 19.2. The van der Waals surface area contributed by atoms with Gasteiger partial charge in [0.05, 0.1) is 6.42 Å². The average Bonchev–Trinajstić information content (AvgIpc) is 2.77. The van der Waals surface area contributed by atoms with E-state index in [0.29, 0.717) is 12.2 Å². The van der Waals surface area contributed by atoms with Crippen LogP contribution in [0.1, 0.15) is 96.5 Å². The summed E-state index contributed by atoms with van der Waals surface area (Å²) in [6.45, 7) is 4.30. The maximum Gasteiger partial charge on any atom is 0.397 e. The molecule has 1 aromatic carbocycles. The van der Waals surface area contributed by atoms with Crippen LogP contribution in [0, 0.1) is 0 Å². The summed E-state index contributed by atoms with van der Waals surface area (Å²) in [4.78, 5) is 8.90. The lowest BCUT2D eigenvalue weighted by molar-refractivity contribution is -0.181. The molecule has 172 valence electrons. The number of benzene rings is 1. The monoisotopic (exact) mass is 432 g/mol. The van der Waals surface area contributed by atoms with Crippen LogP contribution in [-0.4, -0.2) is 16.1 Å². The largest absolute Gasteiger partial charge is 0.433 e. The second-order valence-electron chi connectivity index (χ2n) is 8.36. The lowest BCUT2D eigenvalue weighted by Crippen LogP contribution is -2.24. The number of unbranched alkanes of at least 4 members (excludes halogenated alkanes) is 9. The summed E-state index contributed by atoms with van der Waals surface area (Å²) < 4.78 is 32.8. The molecule has 0 atom stereocenters. The van der Waals surface area contributed by atoms with Crippen molar-refractivity contribution < 1.29 is 13.5 Å². The molecule has 2 aromatic rings. The Labute approximate surface area is 186 Å². The average molecular weight is 433 g/mol. The van der Waals surface area contributed by atoms with Gasteiger partial charge in [0.2, 0.25) is 0 Å². The Balaban J connectivity index is 1.78.